The van der Waals surface area contributed by atoms with Gasteiger partial charge in [-0.2, -0.15) is 0 Å². The minimum absolute atomic E-state index is 0.541. The molecule has 0 aromatic rings. The molecule has 4 saturated carbocycles. The first kappa shape index (κ1) is 25.8. The summed E-state index contributed by atoms with van der Waals surface area (Å²) in [5, 5.41) is 42.7. The Hall–Kier alpha value is -0.320. The van der Waals surface area contributed by atoms with Crippen molar-refractivity contribution in [3.63, 3.8) is 0 Å². The van der Waals surface area contributed by atoms with Gasteiger partial charge in [-0.3, -0.25) is 18.9 Å². The van der Waals surface area contributed by atoms with Crippen LogP contribution >= 0.6 is 0 Å². The third kappa shape index (κ3) is 6.88. The van der Waals surface area contributed by atoms with Crippen LogP contribution in [-0.2, 0) is 18.9 Å². The van der Waals surface area contributed by atoms with Crippen molar-refractivity contribution in [2.24, 2.45) is 0 Å². The highest BCUT2D eigenvalue weighted by atomic mass is 17.0. The van der Waals surface area contributed by atoms with Gasteiger partial charge >= 0.3 is 6.16 Å². The van der Waals surface area contributed by atoms with E-state index in [1.807, 2.05) is 0 Å². The van der Waals surface area contributed by atoms with Crippen molar-refractivity contribution in [2.75, 3.05) is 0 Å². The summed E-state index contributed by atoms with van der Waals surface area (Å²) in [5.41, 5.74) is 0. The van der Waals surface area contributed by atoms with Crippen LogP contribution in [0, 0.1) is 0 Å². The molecule has 8 atom stereocenters. The van der Waals surface area contributed by atoms with E-state index in [-0.39, 0.29) is 0 Å². The van der Waals surface area contributed by atoms with Crippen LogP contribution in [0.1, 0.15) is 103 Å². The molecule has 0 aliphatic heterocycles. The summed E-state index contributed by atoms with van der Waals surface area (Å²) in [6.07, 6.45) is 5.67. The summed E-state index contributed by atoms with van der Waals surface area (Å²) in [4.78, 5) is 0. The lowest BCUT2D eigenvalue weighted by atomic mass is 9.94. The molecule has 0 heterocycles. The molecule has 0 aromatic heterocycles. The van der Waals surface area contributed by atoms with Gasteiger partial charge in [-0.25, -0.2) is 0 Å². The van der Waals surface area contributed by atoms with Crippen molar-refractivity contribution in [2.45, 2.75) is 158 Å². The molecule has 4 aliphatic rings. The maximum Gasteiger partial charge on any atom is 0.414 e. The quantitative estimate of drug-likeness (QED) is 0.398. The fourth-order valence-electron chi connectivity index (χ4n) is 5.77. The van der Waals surface area contributed by atoms with E-state index in [2.05, 4.69) is 0 Å². The fourth-order valence-corrected chi connectivity index (χ4v) is 5.77. The third-order valence-electron chi connectivity index (χ3n) is 7.85. The Kier molecular flexibility index (Phi) is 9.43. The molecule has 4 fully saturated rings. The summed E-state index contributed by atoms with van der Waals surface area (Å²) in [7, 11) is 0. The number of aliphatic hydroxyl groups excluding tert-OH is 4. The molecule has 192 valence electrons. The van der Waals surface area contributed by atoms with E-state index >= 15 is 0 Å². The zero-order chi connectivity index (χ0) is 23.3. The molecule has 33 heavy (non-hydrogen) atoms. The van der Waals surface area contributed by atoms with Crippen molar-refractivity contribution in [1.82, 2.24) is 0 Å². The normalized spacial score (nSPS) is 42.5. The standard InChI is InChI=1S/C25H44O8/c26-17-9-1-5-13-21(17)30-25(31-22-14-6-2-10-18(22)27,32-23-15-7-3-11-19(23)28)33-24-16-8-4-12-20(24)29/h17-24,26-29H,1-16H2. The maximum atomic E-state index is 10.7. The van der Waals surface area contributed by atoms with Crippen LogP contribution in [0.2, 0.25) is 0 Å². The average Bonchev–Trinajstić information content (AvgIpc) is 2.80. The van der Waals surface area contributed by atoms with Crippen molar-refractivity contribution in [3.05, 3.63) is 0 Å². The van der Waals surface area contributed by atoms with Crippen molar-refractivity contribution in [3.8, 4) is 0 Å². The van der Waals surface area contributed by atoms with Crippen molar-refractivity contribution >= 4 is 0 Å². The van der Waals surface area contributed by atoms with E-state index in [9.17, 15) is 20.4 Å². The molecule has 0 bridgehead atoms. The molecule has 8 heteroatoms. The second kappa shape index (κ2) is 12.1. The topological polar surface area (TPSA) is 118 Å². The first-order valence-corrected chi connectivity index (χ1v) is 13.4. The second-order valence-corrected chi connectivity index (χ2v) is 10.5. The summed E-state index contributed by atoms with van der Waals surface area (Å²) in [6, 6.07) is 0. The van der Waals surface area contributed by atoms with Crippen LogP contribution in [0.4, 0.5) is 0 Å². The summed E-state index contributed by atoms with van der Waals surface area (Å²) in [6.45, 7) is 0. The van der Waals surface area contributed by atoms with Gasteiger partial charge < -0.3 is 20.4 Å². The Labute approximate surface area is 197 Å². The van der Waals surface area contributed by atoms with Gasteiger partial charge in [0.05, 0.1) is 48.8 Å². The van der Waals surface area contributed by atoms with Gasteiger partial charge in [-0.1, -0.05) is 51.4 Å². The highest BCUT2D eigenvalue weighted by Crippen LogP contribution is 2.38. The van der Waals surface area contributed by atoms with E-state index < -0.39 is 55.0 Å². The van der Waals surface area contributed by atoms with Gasteiger partial charge in [0.25, 0.3) is 0 Å². The lowest BCUT2D eigenvalue weighted by Crippen LogP contribution is -2.57. The number of ether oxygens (including phenoxy) is 4. The van der Waals surface area contributed by atoms with Crippen LogP contribution in [-0.4, -0.2) is 75.4 Å². The van der Waals surface area contributed by atoms with Crippen molar-refractivity contribution in [1.29, 1.82) is 0 Å². The highest BCUT2D eigenvalue weighted by Gasteiger charge is 2.50. The second-order valence-electron chi connectivity index (χ2n) is 10.5. The Bertz CT molecular complexity index is 487. The molecule has 8 nitrogen and oxygen atoms in total. The molecular weight excluding hydrogens is 428 g/mol. The number of rotatable bonds is 8. The Morgan fingerprint density at radius 3 is 0.788 bits per heavy atom. The molecule has 0 aromatic carbocycles. The van der Waals surface area contributed by atoms with Crippen LogP contribution in [0.5, 0.6) is 0 Å². The minimum atomic E-state index is -1.99. The largest absolute Gasteiger partial charge is 0.414 e. The predicted molar refractivity (Wildman–Crippen MR) is 120 cm³/mol. The SMILES string of the molecule is OC1CCCCC1OC(OC1CCCCC1O)(OC1CCCCC1O)OC1CCCCC1O. The first-order valence-electron chi connectivity index (χ1n) is 13.4. The van der Waals surface area contributed by atoms with Crippen LogP contribution < -0.4 is 0 Å². The number of hydrogen-bond donors (Lipinski definition) is 4. The Morgan fingerprint density at radius 1 is 0.364 bits per heavy atom. The van der Waals surface area contributed by atoms with E-state index in [1.165, 1.54) is 0 Å². The highest BCUT2D eigenvalue weighted by molar-refractivity contribution is 4.83. The third-order valence-corrected chi connectivity index (χ3v) is 7.85. The van der Waals surface area contributed by atoms with Crippen LogP contribution in [0.3, 0.4) is 0 Å². The molecule has 0 amide bonds. The summed E-state index contributed by atoms with van der Waals surface area (Å²) < 4.78 is 25.6. The Morgan fingerprint density at radius 2 is 0.576 bits per heavy atom. The van der Waals surface area contributed by atoms with E-state index in [1.54, 1.807) is 0 Å². The van der Waals surface area contributed by atoms with Gasteiger partial charge in [0.2, 0.25) is 0 Å². The zero-order valence-corrected chi connectivity index (χ0v) is 19.9. The van der Waals surface area contributed by atoms with Gasteiger partial charge in [0.15, 0.2) is 0 Å². The zero-order valence-electron chi connectivity index (χ0n) is 19.9. The molecule has 8 unspecified atom stereocenters. The van der Waals surface area contributed by atoms with Crippen LogP contribution in [0.15, 0.2) is 0 Å². The lowest BCUT2D eigenvalue weighted by Gasteiger charge is -2.46. The summed E-state index contributed by atoms with van der Waals surface area (Å²) in [5.74, 6) is 0. The number of hydrogen-bond acceptors (Lipinski definition) is 8. The van der Waals surface area contributed by atoms with E-state index in [0.29, 0.717) is 51.4 Å². The van der Waals surface area contributed by atoms with E-state index in [0.717, 1.165) is 51.4 Å². The molecular formula is C25H44O8. The lowest BCUT2D eigenvalue weighted by molar-refractivity contribution is -0.545. The summed E-state index contributed by atoms with van der Waals surface area (Å²) >= 11 is 0. The van der Waals surface area contributed by atoms with E-state index in [4.69, 9.17) is 18.9 Å². The average molecular weight is 473 g/mol. The van der Waals surface area contributed by atoms with Gasteiger partial charge in [0, 0.05) is 0 Å². The minimum Gasteiger partial charge on any atom is -0.390 e. The van der Waals surface area contributed by atoms with Gasteiger partial charge in [-0.05, 0) is 51.4 Å². The molecule has 4 N–H and O–H groups in total. The maximum absolute atomic E-state index is 10.7. The monoisotopic (exact) mass is 472 g/mol. The molecule has 4 aliphatic carbocycles. The molecule has 0 radical (unpaired) electrons. The smallest absolute Gasteiger partial charge is 0.390 e. The molecule has 0 spiro atoms. The fraction of sp³-hybridized carbons (Fsp3) is 1.00. The first-order chi connectivity index (χ1) is 16.0. The van der Waals surface area contributed by atoms with Gasteiger partial charge in [-0.15, -0.1) is 0 Å². The Balaban J connectivity index is 1.62. The number of aliphatic hydroxyl groups is 4. The predicted octanol–water partition coefficient (Wildman–Crippen LogP) is 2.88. The molecule has 4 rings (SSSR count). The van der Waals surface area contributed by atoms with Crippen LogP contribution in [0.25, 0.3) is 0 Å². The molecule has 0 saturated heterocycles. The van der Waals surface area contributed by atoms with Gasteiger partial charge in [0.1, 0.15) is 0 Å². The van der Waals surface area contributed by atoms with Crippen molar-refractivity contribution < 1.29 is 39.4 Å².